The lowest BCUT2D eigenvalue weighted by Crippen LogP contribution is -2.48. The second-order valence-corrected chi connectivity index (χ2v) is 5.23. The third-order valence-electron chi connectivity index (χ3n) is 3.03. The Morgan fingerprint density at radius 3 is 2.94 bits per heavy atom. The molecule has 1 aliphatic heterocycles. The maximum atomic E-state index is 5.81. The van der Waals surface area contributed by atoms with E-state index < -0.39 is 0 Å². The lowest BCUT2D eigenvalue weighted by molar-refractivity contribution is 0.0709. The average Bonchev–Trinajstić information content (AvgIpc) is 2.74. The molecule has 0 amide bonds. The van der Waals surface area contributed by atoms with Crippen LogP contribution in [0.3, 0.4) is 0 Å². The molecule has 6 heteroatoms. The van der Waals surface area contributed by atoms with E-state index in [-0.39, 0.29) is 0 Å². The minimum atomic E-state index is 0.325. The van der Waals surface area contributed by atoms with Gasteiger partial charge >= 0.3 is 0 Å². The molecule has 0 saturated carbocycles. The van der Waals surface area contributed by atoms with Crippen molar-refractivity contribution in [2.24, 2.45) is 5.73 Å². The number of aryl methyl sites for hydroxylation is 1. The Bertz CT molecular complexity index is 343. The number of rotatable bonds is 3. The lowest BCUT2D eigenvalue weighted by atomic mass is 10.00. The molecule has 1 saturated heterocycles. The first-order valence-electron chi connectivity index (χ1n) is 5.54. The minimum absolute atomic E-state index is 0.325. The van der Waals surface area contributed by atoms with E-state index in [0.717, 1.165) is 29.5 Å². The molecule has 2 N–H and O–H groups in total. The van der Waals surface area contributed by atoms with Crippen LogP contribution in [-0.4, -0.2) is 42.5 Å². The smallest absolute Gasteiger partial charge is 0.208 e. The number of piperidine rings is 1. The number of hydrogen-bond acceptors (Lipinski definition) is 6. The van der Waals surface area contributed by atoms with E-state index in [2.05, 4.69) is 15.1 Å². The van der Waals surface area contributed by atoms with Crippen molar-refractivity contribution in [3.8, 4) is 0 Å². The van der Waals surface area contributed by atoms with Crippen molar-refractivity contribution < 1.29 is 4.74 Å². The summed E-state index contributed by atoms with van der Waals surface area (Å²) in [5, 5.41) is 10.2. The maximum Gasteiger partial charge on any atom is 0.208 e. The third kappa shape index (κ3) is 2.34. The van der Waals surface area contributed by atoms with Crippen LogP contribution in [-0.2, 0) is 4.74 Å². The Labute approximate surface area is 99.6 Å². The number of nitrogens with two attached hydrogens (primary N) is 1. The van der Waals surface area contributed by atoms with Gasteiger partial charge in [0.2, 0.25) is 5.13 Å². The SMILES string of the molecule is COC1CCN(c2nnc(C)s2)C(CN)C1. The number of aromatic nitrogens is 2. The third-order valence-corrected chi connectivity index (χ3v) is 3.91. The fourth-order valence-electron chi connectivity index (χ4n) is 2.11. The summed E-state index contributed by atoms with van der Waals surface area (Å²) < 4.78 is 5.40. The molecular formula is C10H18N4OS. The standard InChI is InChI=1S/C10H18N4OS/c1-7-12-13-10(16-7)14-4-3-9(15-2)5-8(14)6-11/h8-9H,3-6,11H2,1-2H3. The van der Waals surface area contributed by atoms with Gasteiger partial charge < -0.3 is 15.4 Å². The van der Waals surface area contributed by atoms with Gasteiger partial charge in [-0.2, -0.15) is 0 Å². The molecule has 2 unspecified atom stereocenters. The van der Waals surface area contributed by atoms with Gasteiger partial charge in [0.1, 0.15) is 5.01 Å². The summed E-state index contributed by atoms with van der Waals surface area (Å²) in [5.41, 5.74) is 5.81. The Kier molecular flexibility index (Phi) is 3.73. The Hall–Kier alpha value is -0.720. The molecule has 16 heavy (non-hydrogen) atoms. The van der Waals surface area contributed by atoms with Crippen LogP contribution in [0.15, 0.2) is 0 Å². The quantitative estimate of drug-likeness (QED) is 0.849. The van der Waals surface area contributed by atoms with E-state index >= 15 is 0 Å². The van der Waals surface area contributed by atoms with Gasteiger partial charge in [-0.25, -0.2) is 0 Å². The highest BCUT2D eigenvalue weighted by Gasteiger charge is 2.29. The Morgan fingerprint density at radius 2 is 2.38 bits per heavy atom. The van der Waals surface area contributed by atoms with Crippen LogP contribution < -0.4 is 10.6 Å². The predicted molar refractivity (Wildman–Crippen MR) is 64.9 cm³/mol. The second kappa shape index (κ2) is 5.07. The molecule has 0 aliphatic carbocycles. The zero-order chi connectivity index (χ0) is 11.5. The summed E-state index contributed by atoms with van der Waals surface area (Å²) in [6, 6.07) is 0.325. The topological polar surface area (TPSA) is 64.3 Å². The first-order valence-corrected chi connectivity index (χ1v) is 6.36. The van der Waals surface area contributed by atoms with Crippen LogP contribution in [0.2, 0.25) is 0 Å². The molecule has 0 aromatic carbocycles. The Morgan fingerprint density at radius 1 is 1.56 bits per heavy atom. The summed E-state index contributed by atoms with van der Waals surface area (Å²) in [7, 11) is 1.77. The average molecular weight is 242 g/mol. The van der Waals surface area contributed by atoms with Gasteiger partial charge in [-0.1, -0.05) is 11.3 Å². The van der Waals surface area contributed by atoms with Gasteiger partial charge in [0.25, 0.3) is 0 Å². The molecule has 0 radical (unpaired) electrons. The monoisotopic (exact) mass is 242 g/mol. The normalized spacial score (nSPS) is 26.1. The second-order valence-electron chi connectivity index (χ2n) is 4.07. The van der Waals surface area contributed by atoms with Crippen molar-refractivity contribution >= 4 is 16.5 Å². The highest BCUT2D eigenvalue weighted by Crippen LogP contribution is 2.27. The van der Waals surface area contributed by atoms with Crippen LogP contribution >= 0.6 is 11.3 Å². The summed E-state index contributed by atoms with van der Waals surface area (Å²) in [5.74, 6) is 0. The van der Waals surface area contributed by atoms with E-state index in [9.17, 15) is 0 Å². The first kappa shape index (κ1) is 11.8. The zero-order valence-corrected chi connectivity index (χ0v) is 10.5. The van der Waals surface area contributed by atoms with Crippen LogP contribution in [0.5, 0.6) is 0 Å². The van der Waals surface area contributed by atoms with Gasteiger partial charge in [0, 0.05) is 26.2 Å². The van der Waals surface area contributed by atoms with Crippen molar-refractivity contribution in [3.05, 3.63) is 5.01 Å². The van der Waals surface area contributed by atoms with Crippen LogP contribution in [0.1, 0.15) is 17.8 Å². The van der Waals surface area contributed by atoms with Crippen molar-refractivity contribution in [2.75, 3.05) is 25.1 Å². The van der Waals surface area contributed by atoms with E-state index in [1.165, 1.54) is 0 Å². The highest BCUT2D eigenvalue weighted by molar-refractivity contribution is 7.15. The van der Waals surface area contributed by atoms with Crippen molar-refractivity contribution in [1.82, 2.24) is 10.2 Å². The van der Waals surface area contributed by atoms with Crippen LogP contribution in [0.4, 0.5) is 5.13 Å². The minimum Gasteiger partial charge on any atom is -0.381 e. The maximum absolute atomic E-state index is 5.81. The first-order chi connectivity index (χ1) is 7.74. The van der Waals surface area contributed by atoms with Crippen molar-refractivity contribution in [3.63, 3.8) is 0 Å². The van der Waals surface area contributed by atoms with E-state index in [1.807, 2.05) is 6.92 Å². The number of anilines is 1. The lowest BCUT2D eigenvalue weighted by Gasteiger charge is -2.37. The molecular weight excluding hydrogens is 224 g/mol. The molecule has 2 atom stereocenters. The molecule has 5 nitrogen and oxygen atoms in total. The van der Waals surface area contributed by atoms with Gasteiger partial charge in [-0.15, -0.1) is 10.2 Å². The largest absolute Gasteiger partial charge is 0.381 e. The molecule has 0 spiro atoms. The number of nitrogens with zero attached hydrogens (tertiary/aromatic N) is 3. The molecule has 1 aromatic heterocycles. The summed E-state index contributed by atoms with van der Waals surface area (Å²) in [6.07, 6.45) is 2.34. The Balaban J connectivity index is 2.09. The zero-order valence-electron chi connectivity index (χ0n) is 9.72. The molecule has 1 aliphatic rings. The van der Waals surface area contributed by atoms with E-state index in [1.54, 1.807) is 18.4 Å². The summed E-state index contributed by atoms with van der Waals surface area (Å²) in [6.45, 7) is 3.56. The summed E-state index contributed by atoms with van der Waals surface area (Å²) >= 11 is 1.63. The van der Waals surface area contributed by atoms with E-state index in [0.29, 0.717) is 18.7 Å². The number of methoxy groups -OCH3 is 1. The van der Waals surface area contributed by atoms with Gasteiger partial charge in [0.05, 0.1) is 6.10 Å². The predicted octanol–water partition coefficient (Wildman–Crippen LogP) is 0.789. The van der Waals surface area contributed by atoms with Crippen molar-refractivity contribution in [2.45, 2.75) is 31.9 Å². The molecule has 2 heterocycles. The summed E-state index contributed by atoms with van der Waals surface area (Å²) in [4.78, 5) is 2.26. The van der Waals surface area contributed by atoms with Gasteiger partial charge in [-0.3, -0.25) is 0 Å². The fraction of sp³-hybridized carbons (Fsp3) is 0.800. The molecule has 0 bridgehead atoms. The molecule has 1 aromatic rings. The van der Waals surface area contributed by atoms with Crippen LogP contribution in [0, 0.1) is 6.92 Å². The van der Waals surface area contributed by atoms with Crippen molar-refractivity contribution in [1.29, 1.82) is 0 Å². The fourth-order valence-corrected chi connectivity index (χ4v) is 2.89. The molecule has 90 valence electrons. The highest BCUT2D eigenvalue weighted by atomic mass is 32.1. The molecule has 2 rings (SSSR count). The van der Waals surface area contributed by atoms with E-state index in [4.69, 9.17) is 10.5 Å². The van der Waals surface area contributed by atoms with Crippen LogP contribution in [0.25, 0.3) is 0 Å². The van der Waals surface area contributed by atoms with Gasteiger partial charge in [0.15, 0.2) is 0 Å². The van der Waals surface area contributed by atoms with Gasteiger partial charge in [-0.05, 0) is 19.8 Å². The number of hydrogen-bond donors (Lipinski definition) is 1. The molecule has 1 fully saturated rings. The number of ether oxygens (including phenoxy) is 1.